The fourth-order valence-electron chi connectivity index (χ4n) is 3.19. The van der Waals surface area contributed by atoms with Crippen molar-refractivity contribution < 1.29 is 14.3 Å². The van der Waals surface area contributed by atoms with Gasteiger partial charge >= 0.3 is 6.09 Å². The van der Waals surface area contributed by atoms with E-state index in [1.807, 2.05) is 26.8 Å². The highest BCUT2D eigenvalue weighted by Crippen LogP contribution is 2.27. The minimum Gasteiger partial charge on any atom is -0.444 e. The van der Waals surface area contributed by atoms with Crippen LogP contribution in [0.4, 0.5) is 10.5 Å². The SMILES string of the molecule is COCCN(CCN=C(N)Nc1cccc2c1CCCC2)C(=O)OC(C)(C)C. The first kappa shape index (κ1) is 22.0. The Labute approximate surface area is 168 Å². The van der Waals surface area contributed by atoms with Crippen LogP contribution in [0.5, 0.6) is 0 Å². The number of nitrogens with one attached hydrogen (secondary N) is 1. The second-order valence-corrected chi connectivity index (χ2v) is 8.00. The topological polar surface area (TPSA) is 89.2 Å². The zero-order chi connectivity index (χ0) is 20.6. The van der Waals surface area contributed by atoms with Crippen LogP contribution in [0.1, 0.15) is 44.7 Å². The van der Waals surface area contributed by atoms with Gasteiger partial charge in [-0.05, 0) is 63.6 Å². The highest BCUT2D eigenvalue weighted by atomic mass is 16.6. The van der Waals surface area contributed by atoms with Crippen LogP contribution in [0.2, 0.25) is 0 Å². The minimum absolute atomic E-state index is 0.356. The van der Waals surface area contributed by atoms with E-state index in [1.54, 1.807) is 12.0 Å². The number of guanidine groups is 1. The number of benzene rings is 1. The van der Waals surface area contributed by atoms with E-state index >= 15 is 0 Å². The van der Waals surface area contributed by atoms with E-state index in [1.165, 1.54) is 24.0 Å². The van der Waals surface area contributed by atoms with Crippen molar-refractivity contribution >= 4 is 17.7 Å². The third-order valence-electron chi connectivity index (χ3n) is 4.53. The van der Waals surface area contributed by atoms with Crippen molar-refractivity contribution in [1.82, 2.24) is 4.90 Å². The molecule has 0 aliphatic heterocycles. The lowest BCUT2D eigenvalue weighted by Gasteiger charge is -2.27. The molecule has 2 rings (SSSR count). The molecule has 0 aromatic heterocycles. The fourth-order valence-corrected chi connectivity index (χ4v) is 3.19. The van der Waals surface area contributed by atoms with Crippen LogP contribution in [0.25, 0.3) is 0 Å². The van der Waals surface area contributed by atoms with Crippen molar-refractivity contribution in [3.8, 4) is 0 Å². The zero-order valence-electron chi connectivity index (χ0n) is 17.6. The van der Waals surface area contributed by atoms with Gasteiger partial charge in [0.25, 0.3) is 0 Å². The smallest absolute Gasteiger partial charge is 0.410 e. The maximum atomic E-state index is 12.3. The van der Waals surface area contributed by atoms with Gasteiger partial charge < -0.3 is 25.4 Å². The summed E-state index contributed by atoms with van der Waals surface area (Å²) in [6.07, 6.45) is 4.25. The predicted octanol–water partition coefficient (Wildman–Crippen LogP) is 3.18. The van der Waals surface area contributed by atoms with Crippen LogP contribution in [0.3, 0.4) is 0 Å². The Kier molecular flexibility index (Phi) is 8.11. The molecule has 3 N–H and O–H groups in total. The monoisotopic (exact) mass is 390 g/mol. The second kappa shape index (κ2) is 10.3. The fraction of sp³-hybridized carbons (Fsp3) is 0.619. The number of ether oxygens (including phenoxy) is 2. The Morgan fingerprint density at radius 1 is 1.25 bits per heavy atom. The molecular formula is C21H34N4O3. The number of fused-ring (bicyclic) bond motifs is 1. The summed E-state index contributed by atoms with van der Waals surface area (Å²) in [5, 5.41) is 3.22. The number of methoxy groups -OCH3 is 1. The summed E-state index contributed by atoms with van der Waals surface area (Å²) < 4.78 is 10.5. The molecular weight excluding hydrogens is 356 g/mol. The molecule has 0 bridgehead atoms. The average Bonchev–Trinajstić information content (AvgIpc) is 2.63. The first-order valence-corrected chi connectivity index (χ1v) is 9.94. The van der Waals surface area contributed by atoms with E-state index in [0.29, 0.717) is 32.2 Å². The van der Waals surface area contributed by atoms with Gasteiger partial charge in [-0.2, -0.15) is 0 Å². The van der Waals surface area contributed by atoms with Crippen LogP contribution in [-0.2, 0) is 22.3 Å². The lowest BCUT2D eigenvalue weighted by molar-refractivity contribution is 0.0208. The van der Waals surface area contributed by atoms with Gasteiger partial charge in [0.15, 0.2) is 5.96 Å². The van der Waals surface area contributed by atoms with E-state index in [9.17, 15) is 4.79 Å². The van der Waals surface area contributed by atoms with Crippen molar-refractivity contribution in [3.05, 3.63) is 29.3 Å². The van der Waals surface area contributed by atoms with E-state index in [2.05, 4.69) is 22.4 Å². The Balaban J connectivity index is 1.94. The molecule has 0 heterocycles. The second-order valence-electron chi connectivity index (χ2n) is 8.00. The predicted molar refractivity (Wildman–Crippen MR) is 113 cm³/mol. The molecule has 0 fully saturated rings. The third kappa shape index (κ3) is 7.03. The van der Waals surface area contributed by atoms with Crippen LogP contribution in [0, 0.1) is 0 Å². The summed E-state index contributed by atoms with van der Waals surface area (Å²) in [5.41, 5.74) is 9.29. The van der Waals surface area contributed by atoms with Gasteiger partial charge in [-0.3, -0.25) is 4.99 Å². The summed E-state index contributed by atoms with van der Waals surface area (Å²) in [5.74, 6) is 0.356. The van der Waals surface area contributed by atoms with Gasteiger partial charge in [-0.15, -0.1) is 0 Å². The standard InChI is InChI=1S/C21H34N4O3/c1-21(2,3)28-20(26)25(14-15-27-4)13-12-23-19(22)24-18-11-7-9-16-8-5-6-10-17(16)18/h7,9,11H,5-6,8,10,12-15H2,1-4H3,(H3,22,23,24). The van der Waals surface area contributed by atoms with E-state index < -0.39 is 5.60 Å². The van der Waals surface area contributed by atoms with Gasteiger partial charge in [-0.25, -0.2) is 4.79 Å². The van der Waals surface area contributed by atoms with Crippen molar-refractivity contribution in [3.63, 3.8) is 0 Å². The molecule has 7 nitrogen and oxygen atoms in total. The number of rotatable bonds is 7. The highest BCUT2D eigenvalue weighted by molar-refractivity contribution is 5.93. The molecule has 7 heteroatoms. The zero-order valence-corrected chi connectivity index (χ0v) is 17.6. The molecule has 28 heavy (non-hydrogen) atoms. The Morgan fingerprint density at radius 3 is 2.71 bits per heavy atom. The van der Waals surface area contributed by atoms with Crippen LogP contribution in [-0.4, -0.2) is 55.9 Å². The first-order chi connectivity index (χ1) is 13.3. The summed E-state index contributed by atoms with van der Waals surface area (Å²) in [7, 11) is 1.61. The molecule has 1 aliphatic rings. The van der Waals surface area contributed by atoms with Gasteiger partial charge in [0.1, 0.15) is 5.60 Å². The summed E-state index contributed by atoms with van der Waals surface area (Å²) in [4.78, 5) is 18.3. The van der Waals surface area contributed by atoms with Crippen LogP contribution in [0.15, 0.2) is 23.2 Å². The number of anilines is 1. The van der Waals surface area contributed by atoms with Crippen LogP contribution >= 0.6 is 0 Å². The van der Waals surface area contributed by atoms with Crippen molar-refractivity contribution in [2.24, 2.45) is 10.7 Å². The normalized spacial score (nSPS) is 14.4. The first-order valence-electron chi connectivity index (χ1n) is 9.94. The van der Waals surface area contributed by atoms with E-state index in [-0.39, 0.29) is 6.09 Å². The van der Waals surface area contributed by atoms with Gasteiger partial charge in [0.2, 0.25) is 0 Å². The van der Waals surface area contributed by atoms with Gasteiger partial charge in [0, 0.05) is 25.9 Å². The number of carbonyl (C=O) groups is 1. The number of aliphatic imine (C=N–C) groups is 1. The molecule has 0 spiro atoms. The molecule has 0 atom stereocenters. The number of nitrogens with zero attached hydrogens (tertiary/aromatic N) is 2. The van der Waals surface area contributed by atoms with Crippen molar-refractivity contribution in [2.45, 2.75) is 52.1 Å². The number of hydrogen-bond donors (Lipinski definition) is 2. The highest BCUT2D eigenvalue weighted by Gasteiger charge is 2.21. The maximum absolute atomic E-state index is 12.3. The number of hydrogen-bond acceptors (Lipinski definition) is 4. The maximum Gasteiger partial charge on any atom is 0.410 e. The lowest BCUT2D eigenvalue weighted by atomic mass is 9.90. The molecule has 1 amide bonds. The number of aryl methyl sites for hydroxylation is 1. The minimum atomic E-state index is -0.543. The van der Waals surface area contributed by atoms with Gasteiger partial charge in [-0.1, -0.05) is 12.1 Å². The summed E-state index contributed by atoms with van der Waals surface area (Å²) in [6, 6.07) is 6.27. The molecule has 1 aromatic carbocycles. The van der Waals surface area contributed by atoms with Crippen LogP contribution < -0.4 is 11.1 Å². The third-order valence-corrected chi connectivity index (χ3v) is 4.53. The van der Waals surface area contributed by atoms with E-state index in [4.69, 9.17) is 15.2 Å². The number of nitrogens with two attached hydrogens (primary N) is 1. The molecule has 1 aromatic rings. The number of amides is 1. The molecule has 0 saturated carbocycles. The quantitative estimate of drug-likeness (QED) is 0.551. The molecule has 0 saturated heterocycles. The number of carbonyl (C=O) groups excluding carboxylic acids is 1. The Morgan fingerprint density at radius 2 is 2.00 bits per heavy atom. The Hall–Kier alpha value is -2.28. The lowest BCUT2D eigenvalue weighted by Crippen LogP contribution is -2.40. The summed E-state index contributed by atoms with van der Waals surface area (Å²) >= 11 is 0. The van der Waals surface area contributed by atoms with Crippen molar-refractivity contribution in [1.29, 1.82) is 0 Å². The average molecular weight is 391 g/mol. The Bertz CT molecular complexity index is 683. The molecule has 1 aliphatic carbocycles. The van der Waals surface area contributed by atoms with Gasteiger partial charge in [0.05, 0.1) is 13.2 Å². The summed E-state index contributed by atoms with van der Waals surface area (Å²) in [6.45, 7) is 7.22. The van der Waals surface area contributed by atoms with E-state index in [0.717, 1.165) is 18.5 Å². The molecule has 156 valence electrons. The molecule has 0 unspecified atom stereocenters. The molecule has 0 radical (unpaired) electrons. The largest absolute Gasteiger partial charge is 0.444 e. The van der Waals surface area contributed by atoms with Crippen molar-refractivity contribution in [2.75, 3.05) is 38.7 Å².